The Bertz CT molecular complexity index is 580. The third kappa shape index (κ3) is 2.16. The fourth-order valence-electron chi connectivity index (χ4n) is 3.73. The van der Waals surface area contributed by atoms with Crippen molar-refractivity contribution >= 4 is 11.8 Å². The van der Waals surface area contributed by atoms with Crippen molar-refractivity contribution < 1.29 is 9.38 Å². The van der Waals surface area contributed by atoms with Crippen molar-refractivity contribution in [3.05, 3.63) is 23.3 Å². The molecule has 2 bridgehead atoms. The van der Waals surface area contributed by atoms with E-state index >= 15 is 0 Å². The minimum atomic E-state index is -0.404. The van der Waals surface area contributed by atoms with Crippen LogP contribution in [0.2, 0.25) is 0 Å². The van der Waals surface area contributed by atoms with Gasteiger partial charge in [0.2, 0.25) is 0 Å². The molecule has 1 atom stereocenters. The quantitative estimate of drug-likeness (QED) is 0.617. The second-order valence-electron chi connectivity index (χ2n) is 6.39. The molecular formula is C14H19N5O2. The Balaban J connectivity index is 1.48. The second kappa shape index (κ2) is 4.38. The van der Waals surface area contributed by atoms with Crippen LogP contribution in [0.4, 0.5) is 5.82 Å². The molecule has 0 aliphatic carbocycles. The van der Waals surface area contributed by atoms with Crippen molar-refractivity contribution in [2.24, 2.45) is 10.9 Å². The molecule has 5 rings (SSSR count). The van der Waals surface area contributed by atoms with Crippen molar-refractivity contribution in [3.63, 3.8) is 0 Å². The van der Waals surface area contributed by atoms with Gasteiger partial charge < -0.3 is 14.6 Å². The van der Waals surface area contributed by atoms with Gasteiger partial charge in [-0.1, -0.05) is 0 Å². The number of quaternary nitrogens is 1. The van der Waals surface area contributed by atoms with E-state index in [9.17, 15) is 5.21 Å². The zero-order valence-electron chi connectivity index (χ0n) is 12.1. The maximum Gasteiger partial charge on any atom is 0.291 e. The number of nitrogens with zero attached hydrogens (tertiary/aromatic N) is 4. The molecule has 0 amide bonds. The summed E-state index contributed by atoms with van der Waals surface area (Å²) in [6, 6.07) is 0.466. The minimum absolute atomic E-state index is 0.121. The first kappa shape index (κ1) is 13.0. The standard InChI is InChI=1S/C14H19N5O2/c1-10-6-16-12(7-15-10)18-13-17-8-14(21-13)9-19(20)4-2-11(14)3-5-19/h6-7,11H,2-5,8-9H2,1H3,(H,16,17,18)/t11?,14-,19?/m0/s1. The zero-order valence-corrected chi connectivity index (χ0v) is 12.1. The number of hydrogen-bond donors (Lipinski definition) is 1. The molecule has 0 unspecified atom stereocenters. The molecule has 4 aliphatic rings. The molecule has 1 N–H and O–H groups in total. The molecule has 3 saturated heterocycles. The van der Waals surface area contributed by atoms with Gasteiger partial charge in [0.05, 0.1) is 37.7 Å². The van der Waals surface area contributed by atoms with Crippen LogP contribution in [0, 0.1) is 18.0 Å². The Morgan fingerprint density at radius 1 is 1.33 bits per heavy atom. The van der Waals surface area contributed by atoms with E-state index < -0.39 is 5.60 Å². The van der Waals surface area contributed by atoms with E-state index in [-0.39, 0.29) is 4.65 Å². The predicted octanol–water partition coefficient (Wildman–Crippen LogP) is 1.06. The molecule has 7 nitrogen and oxygen atoms in total. The Morgan fingerprint density at radius 2 is 2.14 bits per heavy atom. The average molecular weight is 289 g/mol. The lowest BCUT2D eigenvalue weighted by Crippen LogP contribution is -2.67. The zero-order chi connectivity index (χ0) is 14.5. The Hall–Kier alpha value is -1.73. The first-order valence-corrected chi connectivity index (χ1v) is 7.43. The second-order valence-corrected chi connectivity index (χ2v) is 6.39. The van der Waals surface area contributed by atoms with Gasteiger partial charge in [-0.25, -0.2) is 9.98 Å². The molecule has 0 radical (unpaired) electrons. The fourth-order valence-corrected chi connectivity index (χ4v) is 3.73. The topological polar surface area (TPSA) is 82.5 Å². The van der Waals surface area contributed by atoms with Crippen LogP contribution in [0.3, 0.4) is 0 Å². The summed E-state index contributed by atoms with van der Waals surface area (Å²) < 4.78 is 5.96. The molecule has 0 aromatic carbocycles. The van der Waals surface area contributed by atoms with Crippen LogP contribution < -0.4 is 5.32 Å². The maximum atomic E-state index is 12.6. The van der Waals surface area contributed by atoms with Gasteiger partial charge >= 0.3 is 0 Å². The number of nitrogens with one attached hydrogen (secondary N) is 1. The number of hydroxylamine groups is 3. The van der Waals surface area contributed by atoms with Crippen molar-refractivity contribution in [1.29, 1.82) is 0 Å². The highest BCUT2D eigenvalue weighted by Crippen LogP contribution is 2.44. The van der Waals surface area contributed by atoms with Gasteiger partial charge in [-0.2, -0.15) is 0 Å². The first-order valence-electron chi connectivity index (χ1n) is 7.43. The van der Waals surface area contributed by atoms with Crippen molar-refractivity contribution in [3.8, 4) is 0 Å². The SMILES string of the molecule is Cc1cnc(NC2=NC[C@@]3(C[N+]4([O-])CCC3CC4)O2)cn1. The molecule has 0 saturated carbocycles. The number of ether oxygens (including phenoxy) is 1. The number of aryl methyl sites for hydroxylation is 1. The highest BCUT2D eigenvalue weighted by Gasteiger charge is 2.56. The highest BCUT2D eigenvalue weighted by atomic mass is 16.6. The number of fused-ring (bicyclic) bond motifs is 2. The van der Waals surface area contributed by atoms with E-state index in [0.29, 0.717) is 30.8 Å². The van der Waals surface area contributed by atoms with Crippen LogP contribution in [-0.2, 0) is 4.74 Å². The highest BCUT2D eigenvalue weighted by molar-refractivity contribution is 5.89. The van der Waals surface area contributed by atoms with E-state index in [1.165, 1.54) is 0 Å². The Kier molecular flexibility index (Phi) is 2.71. The van der Waals surface area contributed by atoms with Crippen LogP contribution in [0.1, 0.15) is 18.5 Å². The maximum absolute atomic E-state index is 12.6. The van der Waals surface area contributed by atoms with Crippen LogP contribution in [0.5, 0.6) is 0 Å². The summed E-state index contributed by atoms with van der Waals surface area (Å²) in [5, 5.41) is 15.6. The smallest absolute Gasteiger partial charge is 0.291 e. The summed E-state index contributed by atoms with van der Waals surface area (Å²) in [5.74, 6) is 1.06. The molecular weight excluding hydrogens is 270 g/mol. The van der Waals surface area contributed by atoms with Crippen LogP contribution in [-0.4, -0.2) is 52.4 Å². The van der Waals surface area contributed by atoms with E-state index in [1.807, 2.05) is 6.92 Å². The number of piperidine rings is 3. The van der Waals surface area contributed by atoms with Gasteiger partial charge in [-0.05, 0) is 6.92 Å². The van der Waals surface area contributed by atoms with Crippen LogP contribution >= 0.6 is 0 Å². The van der Waals surface area contributed by atoms with E-state index in [4.69, 9.17) is 4.74 Å². The van der Waals surface area contributed by atoms with Crippen molar-refractivity contribution in [1.82, 2.24) is 9.97 Å². The Labute approximate surface area is 123 Å². The van der Waals surface area contributed by atoms with Gasteiger partial charge in [-0.3, -0.25) is 10.3 Å². The number of rotatable bonds is 1. The molecule has 7 heteroatoms. The van der Waals surface area contributed by atoms with Gasteiger partial charge in [0.25, 0.3) is 6.02 Å². The summed E-state index contributed by atoms with van der Waals surface area (Å²) >= 11 is 0. The first-order chi connectivity index (χ1) is 10.1. The lowest BCUT2D eigenvalue weighted by Gasteiger charge is -2.58. The number of aromatic nitrogens is 2. The molecule has 5 heterocycles. The lowest BCUT2D eigenvalue weighted by atomic mass is 9.75. The summed E-state index contributed by atoms with van der Waals surface area (Å²) in [4.78, 5) is 12.9. The molecule has 112 valence electrons. The van der Waals surface area contributed by atoms with Crippen molar-refractivity contribution in [2.45, 2.75) is 25.4 Å². The molecule has 1 spiro atoms. The fraction of sp³-hybridized carbons (Fsp3) is 0.643. The predicted molar refractivity (Wildman–Crippen MR) is 77.5 cm³/mol. The molecule has 1 aromatic rings. The number of anilines is 1. The largest absolute Gasteiger partial charge is 0.633 e. The van der Waals surface area contributed by atoms with Crippen molar-refractivity contribution in [2.75, 3.05) is 31.5 Å². The summed E-state index contributed by atoms with van der Waals surface area (Å²) in [6.07, 6.45) is 5.23. The van der Waals surface area contributed by atoms with Gasteiger partial charge in [0.15, 0.2) is 11.4 Å². The normalized spacial score (nSPS) is 37.4. The lowest BCUT2D eigenvalue weighted by molar-refractivity contribution is -0.905. The average Bonchev–Trinajstić information content (AvgIpc) is 2.84. The molecule has 3 fully saturated rings. The monoisotopic (exact) mass is 289 g/mol. The van der Waals surface area contributed by atoms with Gasteiger partial charge in [0.1, 0.15) is 6.54 Å². The summed E-state index contributed by atoms with van der Waals surface area (Å²) in [5.41, 5.74) is 0.458. The van der Waals surface area contributed by atoms with E-state index in [1.54, 1.807) is 12.4 Å². The van der Waals surface area contributed by atoms with E-state index in [2.05, 4.69) is 20.3 Å². The van der Waals surface area contributed by atoms with E-state index in [0.717, 1.165) is 31.6 Å². The number of amidine groups is 1. The third-order valence-corrected chi connectivity index (χ3v) is 4.88. The van der Waals surface area contributed by atoms with Gasteiger partial charge in [0, 0.05) is 18.8 Å². The molecule has 1 aromatic heterocycles. The van der Waals surface area contributed by atoms with Crippen LogP contribution in [0.25, 0.3) is 0 Å². The number of aliphatic imine (C=N–C) groups is 1. The summed E-state index contributed by atoms with van der Waals surface area (Å²) in [7, 11) is 0. The minimum Gasteiger partial charge on any atom is -0.633 e. The molecule has 4 aliphatic heterocycles. The molecule has 21 heavy (non-hydrogen) atoms. The summed E-state index contributed by atoms with van der Waals surface area (Å²) in [6.45, 7) is 4.43. The van der Waals surface area contributed by atoms with Gasteiger partial charge in [-0.15, -0.1) is 0 Å². The third-order valence-electron chi connectivity index (χ3n) is 4.88. The Morgan fingerprint density at radius 3 is 2.81 bits per heavy atom. The number of hydrogen-bond acceptors (Lipinski definition) is 6. The van der Waals surface area contributed by atoms with Crippen LogP contribution in [0.15, 0.2) is 17.4 Å².